The number of benzene rings is 3. The first-order chi connectivity index (χ1) is 16.1. The summed E-state index contributed by atoms with van der Waals surface area (Å²) in [5.41, 5.74) is 3.95. The van der Waals surface area contributed by atoms with Crippen LogP contribution in [0.5, 0.6) is 0 Å². The number of carbonyl (C=O) groups is 1. The van der Waals surface area contributed by atoms with E-state index in [0.717, 1.165) is 33.4 Å². The van der Waals surface area contributed by atoms with Gasteiger partial charge in [-0.15, -0.1) is 0 Å². The van der Waals surface area contributed by atoms with Gasteiger partial charge in [0.15, 0.2) is 0 Å². The van der Waals surface area contributed by atoms with Gasteiger partial charge in [0.05, 0.1) is 0 Å². The molecule has 1 N–H and O–H groups in total. The maximum Gasteiger partial charge on any atom is 0.255 e. The second kappa shape index (κ2) is 9.85. The number of hydrogen-bond acceptors (Lipinski definition) is 4. The van der Waals surface area contributed by atoms with Crippen molar-refractivity contribution < 1.29 is 17.6 Å². The van der Waals surface area contributed by atoms with Gasteiger partial charge in [-0.05, 0) is 73.5 Å². The van der Waals surface area contributed by atoms with E-state index < -0.39 is 26.6 Å². The number of nitrogens with one attached hydrogen (secondary N) is 1. The minimum absolute atomic E-state index is 0.0666. The van der Waals surface area contributed by atoms with E-state index >= 15 is 0 Å². The Bertz CT molecular complexity index is 1320. The minimum Gasteiger partial charge on any atom is -0.369 e. The quantitative estimate of drug-likeness (QED) is 0.491. The van der Waals surface area contributed by atoms with Crippen molar-refractivity contribution >= 4 is 43.2 Å². The largest absolute Gasteiger partial charge is 0.369 e. The van der Waals surface area contributed by atoms with Crippen LogP contribution >= 0.6 is 15.9 Å². The fourth-order valence-electron chi connectivity index (χ4n) is 3.95. The summed E-state index contributed by atoms with van der Waals surface area (Å²) in [6.07, 6.45) is 0. The van der Waals surface area contributed by atoms with E-state index in [2.05, 4.69) is 32.2 Å². The number of hydrogen-bond donors (Lipinski definition) is 1. The average molecular weight is 546 g/mol. The van der Waals surface area contributed by atoms with Crippen LogP contribution in [-0.2, 0) is 10.0 Å². The summed E-state index contributed by atoms with van der Waals surface area (Å²) in [5.74, 6) is -1.39. The third-order valence-electron chi connectivity index (χ3n) is 5.86. The summed E-state index contributed by atoms with van der Waals surface area (Å²) in [4.78, 5) is 14.3. The number of amides is 1. The molecule has 0 spiro atoms. The third-order valence-corrected chi connectivity index (χ3v) is 8.30. The number of nitrogens with zero attached hydrogens (tertiary/aromatic N) is 2. The molecule has 0 bridgehead atoms. The Balaban J connectivity index is 1.51. The molecular weight excluding hydrogens is 521 g/mol. The highest BCUT2D eigenvalue weighted by Gasteiger charge is 2.31. The fraction of sp³-hybridized carbons (Fsp3) is 0.240. The van der Waals surface area contributed by atoms with Crippen LogP contribution in [0.1, 0.15) is 21.5 Å². The van der Waals surface area contributed by atoms with E-state index in [9.17, 15) is 17.6 Å². The molecule has 1 fully saturated rings. The van der Waals surface area contributed by atoms with E-state index in [0.29, 0.717) is 18.8 Å². The van der Waals surface area contributed by atoms with Crippen LogP contribution in [0, 0.1) is 19.7 Å². The van der Waals surface area contributed by atoms with Gasteiger partial charge < -0.3 is 10.2 Å². The number of sulfonamides is 1. The molecule has 9 heteroatoms. The Morgan fingerprint density at radius 1 is 0.941 bits per heavy atom. The highest BCUT2D eigenvalue weighted by atomic mass is 79.9. The van der Waals surface area contributed by atoms with Gasteiger partial charge in [0.1, 0.15) is 10.7 Å². The normalized spacial score (nSPS) is 14.8. The van der Waals surface area contributed by atoms with Crippen LogP contribution in [0.15, 0.2) is 70.0 Å². The highest BCUT2D eigenvalue weighted by Crippen LogP contribution is 2.26. The molecule has 0 radical (unpaired) electrons. The van der Waals surface area contributed by atoms with Crippen molar-refractivity contribution in [1.82, 2.24) is 4.31 Å². The Hall–Kier alpha value is -2.75. The topological polar surface area (TPSA) is 69.7 Å². The second-order valence-electron chi connectivity index (χ2n) is 8.29. The van der Waals surface area contributed by atoms with E-state index in [4.69, 9.17) is 0 Å². The zero-order valence-electron chi connectivity index (χ0n) is 18.9. The first kappa shape index (κ1) is 24.4. The van der Waals surface area contributed by atoms with Gasteiger partial charge in [-0.25, -0.2) is 12.8 Å². The summed E-state index contributed by atoms with van der Waals surface area (Å²) in [6.45, 7) is 5.49. The average Bonchev–Trinajstić information content (AvgIpc) is 2.82. The van der Waals surface area contributed by atoms with Crippen LogP contribution in [-0.4, -0.2) is 44.8 Å². The predicted molar refractivity (Wildman–Crippen MR) is 135 cm³/mol. The smallest absolute Gasteiger partial charge is 0.255 e. The van der Waals surface area contributed by atoms with Gasteiger partial charge in [-0.2, -0.15) is 4.31 Å². The molecular formula is C25H25BrFN3O3S. The van der Waals surface area contributed by atoms with Crippen molar-refractivity contribution in [3.63, 3.8) is 0 Å². The van der Waals surface area contributed by atoms with Crippen LogP contribution in [0.4, 0.5) is 15.8 Å². The number of piperazine rings is 1. The van der Waals surface area contributed by atoms with E-state index in [-0.39, 0.29) is 18.7 Å². The predicted octanol–water partition coefficient (Wildman–Crippen LogP) is 4.97. The van der Waals surface area contributed by atoms with E-state index in [1.54, 1.807) is 24.3 Å². The molecule has 1 aliphatic heterocycles. The molecule has 0 aromatic heterocycles. The molecule has 34 heavy (non-hydrogen) atoms. The summed E-state index contributed by atoms with van der Waals surface area (Å²) in [6, 6.07) is 16.6. The number of halogens is 2. The van der Waals surface area contributed by atoms with Gasteiger partial charge in [0.25, 0.3) is 5.91 Å². The van der Waals surface area contributed by atoms with Crippen LogP contribution in [0.25, 0.3) is 0 Å². The summed E-state index contributed by atoms with van der Waals surface area (Å²) in [7, 11) is -4.11. The summed E-state index contributed by atoms with van der Waals surface area (Å²) >= 11 is 3.33. The summed E-state index contributed by atoms with van der Waals surface area (Å²) in [5, 5.41) is 2.70. The number of anilines is 2. The van der Waals surface area contributed by atoms with Crippen LogP contribution in [0.2, 0.25) is 0 Å². The molecule has 3 aromatic rings. The SMILES string of the molecule is Cc1ccc(C)c(N2CCN(S(=O)(=O)c3cc(C(=O)Nc4ccc(Br)cc4)ccc3F)CC2)c1. The van der Waals surface area contributed by atoms with Gasteiger partial charge in [-0.3, -0.25) is 4.79 Å². The van der Waals surface area contributed by atoms with E-state index in [1.165, 1.54) is 10.4 Å². The van der Waals surface area contributed by atoms with Crippen molar-refractivity contribution in [3.8, 4) is 0 Å². The second-order valence-corrected chi connectivity index (χ2v) is 11.1. The third kappa shape index (κ3) is 5.16. The molecule has 0 aliphatic carbocycles. The lowest BCUT2D eigenvalue weighted by Gasteiger charge is -2.36. The van der Waals surface area contributed by atoms with Crippen molar-refractivity contribution in [2.75, 3.05) is 36.4 Å². The van der Waals surface area contributed by atoms with Gasteiger partial charge in [0.2, 0.25) is 10.0 Å². The maximum absolute atomic E-state index is 14.6. The Kier molecular flexibility index (Phi) is 7.06. The van der Waals surface area contributed by atoms with Crippen molar-refractivity contribution in [2.45, 2.75) is 18.7 Å². The number of aryl methyl sites for hydroxylation is 2. The Labute approximate surface area is 207 Å². The van der Waals surface area contributed by atoms with Gasteiger partial charge >= 0.3 is 0 Å². The first-order valence-electron chi connectivity index (χ1n) is 10.8. The van der Waals surface area contributed by atoms with Crippen LogP contribution in [0.3, 0.4) is 0 Å². The molecule has 0 atom stereocenters. The molecule has 1 amide bonds. The number of carbonyl (C=O) groups excluding carboxylic acids is 1. The molecule has 1 saturated heterocycles. The lowest BCUT2D eigenvalue weighted by Crippen LogP contribution is -2.49. The molecule has 3 aromatic carbocycles. The fourth-order valence-corrected chi connectivity index (χ4v) is 5.72. The molecule has 178 valence electrons. The molecule has 6 nitrogen and oxygen atoms in total. The summed E-state index contributed by atoms with van der Waals surface area (Å²) < 4.78 is 43.3. The zero-order valence-corrected chi connectivity index (χ0v) is 21.3. The zero-order chi connectivity index (χ0) is 24.5. The molecule has 1 heterocycles. The van der Waals surface area contributed by atoms with Gasteiger partial charge in [-0.1, -0.05) is 28.1 Å². The monoisotopic (exact) mass is 545 g/mol. The standard InChI is InChI=1S/C25H25BrFN3O3S/c1-17-3-4-18(2)23(15-17)29-11-13-30(14-12-29)34(32,33)24-16-19(5-10-22(24)27)25(31)28-21-8-6-20(26)7-9-21/h3-10,15-16H,11-14H2,1-2H3,(H,28,31). The van der Waals surface area contributed by atoms with Gasteiger partial charge in [0, 0.05) is 47.6 Å². The first-order valence-corrected chi connectivity index (χ1v) is 13.1. The number of rotatable bonds is 5. The maximum atomic E-state index is 14.6. The van der Waals surface area contributed by atoms with E-state index in [1.807, 2.05) is 26.0 Å². The molecule has 0 saturated carbocycles. The van der Waals surface area contributed by atoms with Crippen LogP contribution < -0.4 is 10.2 Å². The molecule has 4 rings (SSSR count). The Morgan fingerprint density at radius 2 is 1.62 bits per heavy atom. The lowest BCUT2D eigenvalue weighted by atomic mass is 10.1. The molecule has 0 unspecified atom stereocenters. The highest BCUT2D eigenvalue weighted by molar-refractivity contribution is 9.10. The van der Waals surface area contributed by atoms with Crippen molar-refractivity contribution in [3.05, 3.63) is 87.6 Å². The van der Waals surface area contributed by atoms with Crippen molar-refractivity contribution in [1.29, 1.82) is 0 Å². The Morgan fingerprint density at radius 3 is 2.29 bits per heavy atom. The van der Waals surface area contributed by atoms with Crippen molar-refractivity contribution in [2.24, 2.45) is 0 Å². The molecule has 1 aliphatic rings. The lowest BCUT2D eigenvalue weighted by molar-refractivity contribution is 0.102. The minimum atomic E-state index is -4.11.